The van der Waals surface area contributed by atoms with E-state index in [1.165, 1.54) is 36.4 Å². The molecule has 0 saturated heterocycles. The summed E-state index contributed by atoms with van der Waals surface area (Å²) in [6.45, 7) is 0. The van der Waals surface area contributed by atoms with Gasteiger partial charge in [-0.15, -0.1) is 14.7 Å². The van der Waals surface area contributed by atoms with E-state index < -0.39 is 62.3 Å². The molecular formula is C30H15CoN3Na3O15S3. The summed E-state index contributed by atoms with van der Waals surface area (Å²) in [5, 5.41) is 43.2. The van der Waals surface area contributed by atoms with Gasteiger partial charge in [0, 0.05) is 16.2 Å². The van der Waals surface area contributed by atoms with Gasteiger partial charge >= 0.3 is 105 Å². The van der Waals surface area contributed by atoms with Gasteiger partial charge in [-0.3, -0.25) is 0 Å². The van der Waals surface area contributed by atoms with Crippen LogP contribution < -0.4 is 104 Å². The molecule has 55 heavy (non-hydrogen) atoms. The Bertz CT molecular complexity index is 2450. The normalized spacial score (nSPS) is 10.7. The van der Waals surface area contributed by atoms with Gasteiger partial charge in [0.15, 0.2) is 0 Å². The van der Waals surface area contributed by atoms with Crippen LogP contribution in [0.2, 0.25) is 0 Å². The molecule has 0 unspecified atom stereocenters. The molecule has 6 rings (SSSR count). The van der Waals surface area contributed by atoms with E-state index in [-0.39, 0.29) is 139 Å². The molecule has 0 fully saturated rings. The Kier molecular flexibility index (Phi) is 20.4. The van der Waals surface area contributed by atoms with Gasteiger partial charge in [0.2, 0.25) is 0 Å². The summed E-state index contributed by atoms with van der Waals surface area (Å²) in [7, 11) is -13.7. The van der Waals surface area contributed by atoms with Gasteiger partial charge in [-0.25, -0.2) is 25.3 Å². The van der Waals surface area contributed by atoms with E-state index in [0.717, 1.165) is 54.6 Å². The molecule has 0 heterocycles. The summed E-state index contributed by atoms with van der Waals surface area (Å²) in [6, 6.07) is 17.4. The van der Waals surface area contributed by atoms with E-state index in [2.05, 4.69) is 15.5 Å². The molecule has 0 aliphatic carbocycles. The van der Waals surface area contributed by atoms with Crippen molar-refractivity contribution >= 4 is 79.7 Å². The second kappa shape index (κ2) is 21.3. The fraction of sp³-hybridized carbons (Fsp3) is 0. The van der Waals surface area contributed by atoms with E-state index in [0.29, 0.717) is 16.2 Å². The number of benzene rings is 6. The van der Waals surface area contributed by atoms with Crippen molar-refractivity contribution < 1.29 is 160 Å². The van der Waals surface area contributed by atoms with Gasteiger partial charge in [-0.2, -0.15) is 0 Å². The predicted octanol–water partition coefficient (Wildman–Crippen LogP) is -5.34. The van der Waals surface area contributed by atoms with Crippen LogP contribution in [0.3, 0.4) is 0 Å². The van der Waals surface area contributed by atoms with Crippen molar-refractivity contribution in [1.82, 2.24) is 0 Å². The van der Waals surface area contributed by atoms with E-state index in [1.807, 2.05) is 0 Å². The zero-order valence-electron chi connectivity index (χ0n) is 28.2. The van der Waals surface area contributed by atoms with Gasteiger partial charge in [0.1, 0.15) is 47.4 Å². The van der Waals surface area contributed by atoms with E-state index in [4.69, 9.17) is 0 Å². The summed E-state index contributed by atoms with van der Waals surface area (Å²) in [4.78, 5) is 30.2. The topological polar surface area (TPSA) is 329 Å². The minimum absolute atomic E-state index is 0. The third-order valence-electron chi connectivity index (χ3n) is 6.92. The Hall–Kier alpha value is -2.46. The molecular weight excluding hydrogens is 866 g/mol. The molecule has 0 aliphatic rings. The van der Waals surface area contributed by atoms with E-state index >= 15 is 0 Å². The van der Waals surface area contributed by atoms with Crippen molar-refractivity contribution in [3.63, 3.8) is 0 Å². The Labute approximate surface area is 388 Å². The van der Waals surface area contributed by atoms with Crippen LogP contribution in [-0.4, -0.2) is 38.9 Å². The monoisotopic (exact) mass is 881 g/mol. The standard InChI is InChI=1S/3C10H7NO5S.Co.3Na/c3*12-9-4-1-6-5-7(17(14,15)16)2-3-8(6)10(9)11-13;;;;/h3*1-5,12H,(H,14,15,16);;;;/q;;;+3;3*+1/p-6. The molecule has 0 aromatic heterocycles. The second-order valence-electron chi connectivity index (χ2n) is 10.0. The SMILES string of the molecule is O=Nc1c([O-])ccc2cc(S(=O)(=O)[O-])ccc12.O=Nc1c([O-])ccc2cc(S(=O)(=O)[O-])ccc12.O=Nc1c([O-])ccc2cc(S(=O)(=O)[O-])ccc12.[Co+3].[Na+].[Na+].[Na+]. The van der Waals surface area contributed by atoms with Crippen molar-refractivity contribution in [2.24, 2.45) is 15.5 Å². The smallest absolute Gasteiger partial charge is 0.871 e. The summed E-state index contributed by atoms with van der Waals surface area (Å²) >= 11 is 0. The zero-order valence-corrected chi connectivity index (χ0v) is 37.7. The maximum atomic E-state index is 11.3. The zero-order chi connectivity index (χ0) is 37.9. The predicted molar refractivity (Wildman–Crippen MR) is 170 cm³/mol. The average molecular weight is 882 g/mol. The molecule has 0 atom stereocenters. The Morgan fingerprint density at radius 2 is 0.600 bits per heavy atom. The first-order valence-corrected chi connectivity index (χ1v) is 17.6. The number of hydrogen-bond donors (Lipinski definition) is 0. The Morgan fingerprint density at radius 1 is 0.382 bits per heavy atom. The molecule has 25 heteroatoms. The van der Waals surface area contributed by atoms with Crippen LogP contribution in [0.25, 0.3) is 32.3 Å². The van der Waals surface area contributed by atoms with Crippen molar-refractivity contribution in [2.45, 2.75) is 14.7 Å². The Morgan fingerprint density at radius 3 is 0.782 bits per heavy atom. The molecule has 6 aromatic carbocycles. The van der Waals surface area contributed by atoms with Crippen LogP contribution in [0.4, 0.5) is 17.1 Å². The molecule has 0 spiro atoms. The van der Waals surface area contributed by atoms with E-state index in [9.17, 15) is 69.0 Å². The minimum Gasteiger partial charge on any atom is -0.871 e. The van der Waals surface area contributed by atoms with Crippen molar-refractivity contribution in [2.75, 3.05) is 0 Å². The molecule has 18 nitrogen and oxygen atoms in total. The molecule has 0 N–H and O–H groups in total. The maximum Gasteiger partial charge on any atom is 3.00 e. The summed E-state index contributed by atoms with van der Waals surface area (Å²) in [5.74, 6) is -1.65. The first kappa shape index (κ1) is 52.5. The number of nitrogens with zero attached hydrogens (tertiary/aromatic N) is 3. The number of rotatable bonds is 6. The number of fused-ring (bicyclic) bond motifs is 3. The average Bonchev–Trinajstić information content (AvgIpc) is 3.07. The first-order chi connectivity index (χ1) is 23.8. The summed E-state index contributed by atoms with van der Waals surface area (Å²) in [6.07, 6.45) is 0. The molecule has 270 valence electrons. The van der Waals surface area contributed by atoms with Gasteiger partial charge in [0.25, 0.3) is 0 Å². The molecule has 6 aromatic rings. The molecule has 0 radical (unpaired) electrons. The number of hydrogen-bond acceptors (Lipinski definition) is 18. The van der Waals surface area contributed by atoms with Crippen LogP contribution in [-0.2, 0) is 47.1 Å². The maximum absolute atomic E-state index is 11.3. The number of nitroso groups, excluding NO2 is 3. The molecule has 0 saturated carbocycles. The fourth-order valence-corrected chi connectivity index (χ4v) is 6.08. The van der Waals surface area contributed by atoms with Crippen molar-refractivity contribution in [3.8, 4) is 17.2 Å². The van der Waals surface area contributed by atoms with Crippen LogP contribution in [0.15, 0.2) is 121 Å². The van der Waals surface area contributed by atoms with Crippen molar-refractivity contribution in [1.29, 1.82) is 0 Å². The Balaban J connectivity index is 0.000000767. The fourth-order valence-electron chi connectivity index (χ4n) is 4.56. The molecule has 0 amide bonds. The van der Waals surface area contributed by atoms with Crippen LogP contribution in [0, 0.1) is 14.7 Å². The van der Waals surface area contributed by atoms with Gasteiger partial charge in [-0.05, 0) is 68.1 Å². The second-order valence-corrected chi connectivity index (χ2v) is 14.2. The van der Waals surface area contributed by atoms with Gasteiger partial charge < -0.3 is 29.0 Å². The van der Waals surface area contributed by atoms with Crippen LogP contribution >= 0.6 is 0 Å². The quantitative estimate of drug-likeness (QED) is 0.0857. The third-order valence-corrected chi connectivity index (χ3v) is 9.41. The molecule has 0 bridgehead atoms. The van der Waals surface area contributed by atoms with Crippen LogP contribution in [0.5, 0.6) is 17.2 Å². The first-order valence-electron chi connectivity index (χ1n) is 13.4. The van der Waals surface area contributed by atoms with Crippen LogP contribution in [0.1, 0.15) is 0 Å². The summed E-state index contributed by atoms with van der Waals surface area (Å²) in [5.41, 5.74) is -0.882. The van der Waals surface area contributed by atoms with E-state index in [1.54, 1.807) is 0 Å². The van der Waals surface area contributed by atoms with Gasteiger partial charge in [0.05, 0.1) is 14.7 Å². The van der Waals surface area contributed by atoms with Crippen molar-refractivity contribution in [3.05, 3.63) is 106 Å². The molecule has 0 aliphatic heterocycles. The third kappa shape index (κ3) is 12.8. The van der Waals surface area contributed by atoms with Gasteiger partial charge in [-0.1, -0.05) is 71.8 Å². The summed E-state index contributed by atoms with van der Waals surface area (Å²) < 4.78 is 97.2. The largest absolute Gasteiger partial charge is 3.00 e. The minimum atomic E-state index is -4.56.